The quantitative estimate of drug-likeness (QED) is 0.620. The molecule has 148 valence electrons. The number of carboxylic acid groups (broad SMARTS) is 1. The van der Waals surface area contributed by atoms with Crippen LogP contribution in [0.1, 0.15) is 18.9 Å². The zero-order valence-corrected chi connectivity index (χ0v) is 16.4. The maximum absolute atomic E-state index is 13.2. The molecule has 0 aliphatic heterocycles. The van der Waals surface area contributed by atoms with Gasteiger partial charge in [-0.3, -0.25) is 4.79 Å². The van der Waals surface area contributed by atoms with E-state index in [1.165, 1.54) is 29.4 Å². The minimum atomic E-state index is -3.86. The van der Waals surface area contributed by atoms with Crippen LogP contribution < -0.4 is 9.47 Å². The highest BCUT2D eigenvalue weighted by Crippen LogP contribution is 2.30. The number of benzene rings is 2. The number of carboxylic acids is 1. The Morgan fingerprint density at radius 2 is 1.79 bits per heavy atom. The van der Waals surface area contributed by atoms with Crippen LogP contribution in [-0.4, -0.2) is 37.2 Å². The van der Waals surface area contributed by atoms with E-state index in [-0.39, 0.29) is 17.7 Å². The first kappa shape index (κ1) is 19.8. The van der Waals surface area contributed by atoms with Gasteiger partial charge < -0.3 is 14.6 Å². The Morgan fingerprint density at radius 1 is 1.11 bits per heavy atom. The standard InChI is InChI=1S/C20H21NO6S/c1-3-27-16-7-10-19-18(12-16)14(4-11-20(22)23)13-21(19)28(24,25)17-8-5-15(26-2)6-9-17/h5-10,12-13H,3-4,11H2,1-2H3,(H,22,23). The molecule has 2 aromatic carbocycles. The molecule has 1 aromatic heterocycles. The van der Waals surface area contributed by atoms with Crippen LogP contribution in [0.3, 0.4) is 0 Å². The zero-order valence-electron chi connectivity index (χ0n) is 15.6. The van der Waals surface area contributed by atoms with Crippen molar-refractivity contribution in [3.05, 3.63) is 54.2 Å². The number of hydrogen-bond donors (Lipinski definition) is 1. The third-order valence-corrected chi connectivity index (χ3v) is 6.05. The molecular weight excluding hydrogens is 382 g/mol. The third kappa shape index (κ3) is 3.82. The lowest BCUT2D eigenvalue weighted by atomic mass is 10.1. The van der Waals surface area contributed by atoms with Gasteiger partial charge in [-0.05, 0) is 61.4 Å². The summed E-state index contributed by atoms with van der Waals surface area (Å²) in [5.74, 6) is 0.214. The van der Waals surface area contributed by atoms with Crippen LogP contribution >= 0.6 is 0 Å². The van der Waals surface area contributed by atoms with Gasteiger partial charge >= 0.3 is 5.97 Å². The zero-order chi connectivity index (χ0) is 20.3. The van der Waals surface area contributed by atoms with Crippen molar-refractivity contribution in [3.8, 4) is 11.5 Å². The molecule has 1 N–H and O–H groups in total. The molecule has 28 heavy (non-hydrogen) atoms. The van der Waals surface area contributed by atoms with E-state index in [2.05, 4.69) is 0 Å². The lowest BCUT2D eigenvalue weighted by molar-refractivity contribution is -0.136. The summed E-state index contributed by atoms with van der Waals surface area (Å²) >= 11 is 0. The average molecular weight is 403 g/mol. The Kier molecular flexibility index (Phi) is 5.60. The fourth-order valence-corrected chi connectivity index (χ4v) is 4.39. The van der Waals surface area contributed by atoms with Gasteiger partial charge in [-0.15, -0.1) is 0 Å². The minimum absolute atomic E-state index is 0.0967. The number of methoxy groups -OCH3 is 1. The van der Waals surface area contributed by atoms with E-state index in [0.717, 1.165) is 0 Å². The van der Waals surface area contributed by atoms with Gasteiger partial charge in [0.25, 0.3) is 10.0 Å². The summed E-state index contributed by atoms with van der Waals surface area (Å²) in [6.07, 6.45) is 1.61. The van der Waals surface area contributed by atoms with Crippen LogP contribution in [0, 0.1) is 0 Å². The highest BCUT2D eigenvalue weighted by molar-refractivity contribution is 7.90. The van der Waals surface area contributed by atoms with Crippen LogP contribution in [0.25, 0.3) is 10.9 Å². The SMILES string of the molecule is CCOc1ccc2c(c1)c(CCC(=O)O)cn2S(=O)(=O)c1ccc(OC)cc1. The summed E-state index contributed by atoms with van der Waals surface area (Å²) in [4.78, 5) is 11.1. The van der Waals surface area contributed by atoms with Crippen molar-refractivity contribution < 1.29 is 27.8 Å². The molecule has 0 fully saturated rings. The van der Waals surface area contributed by atoms with Crippen LogP contribution in [-0.2, 0) is 21.2 Å². The molecule has 0 radical (unpaired) electrons. The molecule has 0 atom stereocenters. The van der Waals surface area contributed by atoms with E-state index in [0.29, 0.717) is 34.6 Å². The summed E-state index contributed by atoms with van der Waals surface area (Å²) in [7, 11) is -2.35. The van der Waals surface area contributed by atoms with Gasteiger partial charge in [0.15, 0.2) is 0 Å². The largest absolute Gasteiger partial charge is 0.497 e. The highest BCUT2D eigenvalue weighted by atomic mass is 32.2. The van der Waals surface area contributed by atoms with E-state index in [1.54, 1.807) is 30.3 Å². The van der Waals surface area contributed by atoms with Crippen molar-refractivity contribution in [2.24, 2.45) is 0 Å². The van der Waals surface area contributed by atoms with Gasteiger partial charge in [-0.1, -0.05) is 0 Å². The monoisotopic (exact) mass is 403 g/mol. The van der Waals surface area contributed by atoms with Crippen molar-refractivity contribution in [2.75, 3.05) is 13.7 Å². The number of ether oxygens (including phenoxy) is 2. The molecule has 0 spiro atoms. The molecule has 1 heterocycles. The maximum Gasteiger partial charge on any atom is 0.303 e. The van der Waals surface area contributed by atoms with Crippen molar-refractivity contribution in [2.45, 2.75) is 24.7 Å². The normalized spacial score (nSPS) is 11.5. The van der Waals surface area contributed by atoms with Gasteiger partial charge in [0.05, 0.1) is 24.1 Å². The van der Waals surface area contributed by atoms with E-state index < -0.39 is 16.0 Å². The first-order chi connectivity index (χ1) is 13.4. The molecule has 8 heteroatoms. The highest BCUT2D eigenvalue weighted by Gasteiger charge is 2.22. The molecule has 0 saturated heterocycles. The fraction of sp³-hybridized carbons (Fsp3) is 0.250. The second-order valence-electron chi connectivity index (χ2n) is 6.14. The second kappa shape index (κ2) is 7.93. The topological polar surface area (TPSA) is 94.8 Å². The Bertz CT molecular complexity index is 1100. The van der Waals surface area contributed by atoms with E-state index in [9.17, 15) is 13.2 Å². The summed E-state index contributed by atoms with van der Waals surface area (Å²) in [5.41, 5.74) is 1.11. The van der Waals surface area contributed by atoms with Crippen LogP contribution in [0.2, 0.25) is 0 Å². The number of rotatable bonds is 8. The number of carbonyl (C=O) groups is 1. The first-order valence-corrected chi connectivity index (χ1v) is 10.2. The molecule has 0 aliphatic carbocycles. The number of fused-ring (bicyclic) bond motifs is 1. The van der Waals surface area contributed by atoms with Gasteiger partial charge in [0.2, 0.25) is 0 Å². The second-order valence-corrected chi connectivity index (χ2v) is 7.95. The van der Waals surface area contributed by atoms with E-state index in [4.69, 9.17) is 14.6 Å². The van der Waals surface area contributed by atoms with Crippen molar-refractivity contribution >= 4 is 26.9 Å². The molecule has 0 aliphatic rings. The van der Waals surface area contributed by atoms with Crippen LogP contribution in [0.15, 0.2) is 53.6 Å². The number of aryl methyl sites for hydroxylation is 1. The predicted molar refractivity (Wildman–Crippen MR) is 105 cm³/mol. The molecular formula is C20H21NO6S. The first-order valence-electron chi connectivity index (χ1n) is 8.75. The minimum Gasteiger partial charge on any atom is -0.497 e. The lowest BCUT2D eigenvalue weighted by Crippen LogP contribution is -2.11. The number of hydrogen-bond acceptors (Lipinski definition) is 5. The predicted octanol–water partition coefficient (Wildman–Crippen LogP) is 3.30. The summed E-state index contributed by atoms with van der Waals surface area (Å²) in [6, 6.07) is 11.2. The van der Waals surface area contributed by atoms with Crippen LogP contribution in [0.4, 0.5) is 0 Å². The van der Waals surface area contributed by atoms with Crippen molar-refractivity contribution in [3.63, 3.8) is 0 Å². The molecule has 0 saturated carbocycles. The summed E-state index contributed by atoms with van der Waals surface area (Å²) in [6.45, 7) is 2.33. The van der Waals surface area contributed by atoms with Crippen molar-refractivity contribution in [1.82, 2.24) is 3.97 Å². The summed E-state index contributed by atoms with van der Waals surface area (Å²) in [5, 5.41) is 9.67. The van der Waals surface area contributed by atoms with Crippen LogP contribution in [0.5, 0.6) is 11.5 Å². The lowest BCUT2D eigenvalue weighted by Gasteiger charge is -2.09. The Balaban J connectivity index is 2.14. The molecule has 3 rings (SSSR count). The Hall–Kier alpha value is -3.00. The number of nitrogens with zero attached hydrogens (tertiary/aromatic N) is 1. The smallest absolute Gasteiger partial charge is 0.303 e. The van der Waals surface area contributed by atoms with E-state index in [1.807, 2.05) is 6.92 Å². The third-order valence-electron chi connectivity index (χ3n) is 4.36. The molecule has 3 aromatic rings. The number of aromatic nitrogens is 1. The molecule has 7 nitrogen and oxygen atoms in total. The van der Waals surface area contributed by atoms with Gasteiger partial charge in [0, 0.05) is 18.0 Å². The molecule has 0 unspecified atom stereocenters. The molecule has 0 bridgehead atoms. The Morgan fingerprint density at radius 3 is 2.39 bits per heavy atom. The maximum atomic E-state index is 13.2. The van der Waals surface area contributed by atoms with Gasteiger partial charge in [0.1, 0.15) is 11.5 Å². The van der Waals surface area contributed by atoms with Gasteiger partial charge in [-0.2, -0.15) is 0 Å². The fourth-order valence-electron chi connectivity index (χ4n) is 3.00. The summed E-state index contributed by atoms with van der Waals surface area (Å²) < 4.78 is 38.2. The Labute approximate surface area is 163 Å². The number of aliphatic carboxylic acids is 1. The van der Waals surface area contributed by atoms with Gasteiger partial charge in [-0.25, -0.2) is 12.4 Å². The average Bonchev–Trinajstić information content (AvgIpc) is 3.05. The van der Waals surface area contributed by atoms with Crippen molar-refractivity contribution in [1.29, 1.82) is 0 Å². The van der Waals surface area contributed by atoms with E-state index >= 15 is 0 Å². The molecule has 0 amide bonds.